The van der Waals surface area contributed by atoms with Gasteiger partial charge in [0.1, 0.15) is 16.6 Å². The Morgan fingerprint density at radius 1 is 1.20 bits per heavy atom. The van der Waals surface area contributed by atoms with E-state index >= 15 is 0 Å². The van der Waals surface area contributed by atoms with Gasteiger partial charge in [-0.1, -0.05) is 51.8 Å². The molecule has 2 aromatic carbocycles. The van der Waals surface area contributed by atoms with Gasteiger partial charge in [-0.3, -0.25) is 4.79 Å². The highest BCUT2D eigenvalue weighted by molar-refractivity contribution is 9.10. The molecule has 0 aliphatic rings. The molecule has 0 radical (unpaired) electrons. The summed E-state index contributed by atoms with van der Waals surface area (Å²) in [6.07, 6.45) is 0. The molecule has 1 aromatic heterocycles. The van der Waals surface area contributed by atoms with Crippen LogP contribution in [0.4, 0.5) is 0 Å². The highest BCUT2D eigenvalue weighted by Gasteiger charge is 2.14. The van der Waals surface area contributed by atoms with Crippen LogP contribution in [0.1, 0.15) is 11.3 Å². The standard InChI is InChI=1S/C19H16BrClN2O2/c1-12-18(21)22-17(14-4-3-5-15(20)10-14)19(24)23(12)11-13-6-8-16(25-2)9-7-13/h3-10H,11H2,1-2H3. The summed E-state index contributed by atoms with van der Waals surface area (Å²) in [5, 5.41) is 0.322. The molecular formula is C19H16BrClN2O2. The lowest BCUT2D eigenvalue weighted by Crippen LogP contribution is -2.26. The van der Waals surface area contributed by atoms with E-state index in [-0.39, 0.29) is 5.56 Å². The largest absolute Gasteiger partial charge is 0.497 e. The number of ether oxygens (including phenoxy) is 1. The summed E-state index contributed by atoms with van der Waals surface area (Å²) in [7, 11) is 1.62. The number of halogens is 2. The maximum absolute atomic E-state index is 13.0. The first-order valence-corrected chi connectivity index (χ1v) is 8.82. The van der Waals surface area contributed by atoms with E-state index in [0.717, 1.165) is 21.3 Å². The van der Waals surface area contributed by atoms with Crippen molar-refractivity contribution < 1.29 is 4.74 Å². The minimum atomic E-state index is -0.171. The van der Waals surface area contributed by atoms with E-state index in [0.29, 0.717) is 23.1 Å². The Labute approximate surface area is 159 Å². The van der Waals surface area contributed by atoms with E-state index < -0.39 is 0 Å². The first-order chi connectivity index (χ1) is 12.0. The zero-order valence-electron chi connectivity index (χ0n) is 13.8. The predicted molar refractivity (Wildman–Crippen MR) is 103 cm³/mol. The zero-order valence-corrected chi connectivity index (χ0v) is 16.1. The monoisotopic (exact) mass is 418 g/mol. The van der Waals surface area contributed by atoms with Gasteiger partial charge in [-0.25, -0.2) is 4.98 Å². The normalized spacial score (nSPS) is 10.7. The Bertz CT molecular complexity index is 968. The van der Waals surface area contributed by atoms with Crippen LogP contribution >= 0.6 is 27.5 Å². The lowest BCUT2D eigenvalue weighted by molar-refractivity contribution is 0.414. The molecular weight excluding hydrogens is 404 g/mol. The smallest absolute Gasteiger partial charge is 0.277 e. The average molecular weight is 420 g/mol. The van der Waals surface area contributed by atoms with Crippen LogP contribution in [-0.2, 0) is 6.54 Å². The maximum atomic E-state index is 13.0. The minimum absolute atomic E-state index is 0.171. The number of methoxy groups -OCH3 is 1. The van der Waals surface area contributed by atoms with Crippen molar-refractivity contribution >= 4 is 27.5 Å². The van der Waals surface area contributed by atoms with E-state index in [1.54, 1.807) is 18.6 Å². The molecule has 0 aliphatic heterocycles. The van der Waals surface area contributed by atoms with Crippen molar-refractivity contribution in [1.29, 1.82) is 0 Å². The molecule has 25 heavy (non-hydrogen) atoms. The minimum Gasteiger partial charge on any atom is -0.497 e. The van der Waals surface area contributed by atoms with Crippen LogP contribution in [0.3, 0.4) is 0 Å². The molecule has 4 nitrogen and oxygen atoms in total. The Kier molecular flexibility index (Phi) is 5.25. The van der Waals surface area contributed by atoms with E-state index in [4.69, 9.17) is 16.3 Å². The summed E-state index contributed by atoms with van der Waals surface area (Å²) >= 11 is 9.71. The molecule has 0 atom stereocenters. The highest BCUT2D eigenvalue weighted by Crippen LogP contribution is 2.22. The fraction of sp³-hybridized carbons (Fsp3) is 0.158. The fourth-order valence-corrected chi connectivity index (χ4v) is 3.13. The number of nitrogens with zero attached hydrogens (tertiary/aromatic N) is 2. The van der Waals surface area contributed by atoms with Crippen LogP contribution in [-0.4, -0.2) is 16.7 Å². The quantitative estimate of drug-likeness (QED) is 0.616. The van der Waals surface area contributed by atoms with Gasteiger partial charge in [0.15, 0.2) is 0 Å². The molecule has 0 fully saturated rings. The van der Waals surface area contributed by atoms with Gasteiger partial charge in [0.2, 0.25) is 0 Å². The van der Waals surface area contributed by atoms with Crippen LogP contribution < -0.4 is 10.3 Å². The number of benzene rings is 2. The number of rotatable bonds is 4. The molecule has 0 amide bonds. The van der Waals surface area contributed by atoms with Gasteiger partial charge >= 0.3 is 0 Å². The molecule has 0 aliphatic carbocycles. The lowest BCUT2D eigenvalue weighted by Gasteiger charge is -2.14. The summed E-state index contributed by atoms with van der Waals surface area (Å²) in [5.74, 6) is 0.774. The van der Waals surface area contributed by atoms with Gasteiger partial charge in [-0.15, -0.1) is 0 Å². The van der Waals surface area contributed by atoms with Gasteiger partial charge in [-0.2, -0.15) is 0 Å². The summed E-state index contributed by atoms with van der Waals surface area (Å²) in [6, 6.07) is 15.1. The molecule has 1 heterocycles. The first kappa shape index (κ1) is 17.7. The van der Waals surface area contributed by atoms with Crippen molar-refractivity contribution in [1.82, 2.24) is 9.55 Å². The molecule has 0 bridgehead atoms. The van der Waals surface area contributed by atoms with Crippen molar-refractivity contribution in [2.75, 3.05) is 7.11 Å². The Hall–Kier alpha value is -2.11. The second-order valence-electron chi connectivity index (χ2n) is 5.59. The van der Waals surface area contributed by atoms with Crippen LogP contribution in [0.2, 0.25) is 5.15 Å². The first-order valence-electron chi connectivity index (χ1n) is 7.65. The summed E-state index contributed by atoms with van der Waals surface area (Å²) in [6.45, 7) is 2.21. The zero-order chi connectivity index (χ0) is 18.0. The highest BCUT2D eigenvalue weighted by atomic mass is 79.9. The van der Waals surface area contributed by atoms with E-state index in [1.165, 1.54) is 0 Å². The third kappa shape index (κ3) is 3.78. The maximum Gasteiger partial charge on any atom is 0.277 e. The molecule has 0 N–H and O–H groups in total. The average Bonchev–Trinajstić information content (AvgIpc) is 2.62. The predicted octanol–water partition coefficient (Wildman–Crippen LogP) is 4.69. The Morgan fingerprint density at radius 3 is 2.56 bits per heavy atom. The van der Waals surface area contributed by atoms with Crippen molar-refractivity contribution in [2.45, 2.75) is 13.5 Å². The number of hydrogen-bond acceptors (Lipinski definition) is 3. The summed E-state index contributed by atoms with van der Waals surface area (Å²) in [4.78, 5) is 17.3. The van der Waals surface area contributed by atoms with E-state index in [1.807, 2.05) is 48.5 Å². The molecule has 128 valence electrons. The third-order valence-electron chi connectivity index (χ3n) is 3.96. The van der Waals surface area contributed by atoms with E-state index in [9.17, 15) is 4.79 Å². The molecule has 0 saturated heterocycles. The summed E-state index contributed by atoms with van der Waals surface area (Å²) in [5.41, 5.74) is 2.51. The van der Waals surface area contributed by atoms with Crippen molar-refractivity contribution in [3.63, 3.8) is 0 Å². The topological polar surface area (TPSA) is 44.1 Å². The van der Waals surface area contributed by atoms with E-state index in [2.05, 4.69) is 20.9 Å². The molecule has 0 spiro atoms. The van der Waals surface area contributed by atoms with Gasteiger partial charge in [-0.05, 0) is 36.8 Å². The lowest BCUT2D eigenvalue weighted by atomic mass is 10.1. The Balaban J connectivity index is 2.08. The Morgan fingerprint density at radius 2 is 1.92 bits per heavy atom. The molecule has 0 unspecified atom stereocenters. The second-order valence-corrected chi connectivity index (χ2v) is 6.86. The molecule has 3 rings (SSSR count). The molecule has 6 heteroatoms. The second kappa shape index (κ2) is 7.42. The third-order valence-corrected chi connectivity index (χ3v) is 4.81. The number of hydrogen-bond donors (Lipinski definition) is 0. The van der Waals surface area contributed by atoms with Crippen LogP contribution in [0.25, 0.3) is 11.3 Å². The summed E-state index contributed by atoms with van der Waals surface area (Å²) < 4.78 is 7.70. The molecule has 0 saturated carbocycles. The number of aromatic nitrogens is 2. The fourth-order valence-electron chi connectivity index (χ4n) is 2.55. The van der Waals surface area contributed by atoms with Crippen LogP contribution in [0.5, 0.6) is 5.75 Å². The SMILES string of the molecule is COc1ccc(Cn2c(C)c(Cl)nc(-c3cccc(Br)c3)c2=O)cc1. The van der Waals surface area contributed by atoms with Crippen LogP contribution in [0.15, 0.2) is 57.8 Å². The van der Waals surface area contributed by atoms with Gasteiger partial charge < -0.3 is 9.30 Å². The van der Waals surface area contributed by atoms with Crippen LogP contribution in [0, 0.1) is 6.92 Å². The van der Waals surface area contributed by atoms with Gasteiger partial charge in [0.05, 0.1) is 19.3 Å². The van der Waals surface area contributed by atoms with Crippen molar-refractivity contribution in [2.24, 2.45) is 0 Å². The van der Waals surface area contributed by atoms with Gasteiger partial charge in [0.25, 0.3) is 5.56 Å². The van der Waals surface area contributed by atoms with Gasteiger partial charge in [0, 0.05) is 10.0 Å². The van der Waals surface area contributed by atoms with Crippen molar-refractivity contribution in [3.05, 3.63) is 79.8 Å². The molecule has 3 aromatic rings. The van der Waals surface area contributed by atoms with Crippen molar-refractivity contribution in [3.8, 4) is 17.0 Å².